The maximum atomic E-state index is 12.3. The minimum absolute atomic E-state index is 0.231. The van der Waals surface area contributed by atoms with Crippen LogP contribution in [0, 0.1) is 24.7 Å². The molecule has 4 atom stereocenters. The Balaban J connectivity index is 2.02. The van der Waals surface area contributed by atoms with Crippen LogP contribution in [0.2, 0.25) is 0 Å². The number of carbonyl (C=O) groups is 2. The second-order valence-corrected chi connectivity index (χ2v) is 5.67. The summed E-state index contributed by atoms with van der Waals surface area (Å²) in [4.78, 5) is 27.5. The summed E-state index contributed by atoms with van der Waals surface area (Å²) in [5.74, 6) is -0.817. The topological polar surface area (TPSA) is 92.4 Å². The summed E-state index contributed by atoms with van der Waals surface area (Å²) < 4.78 is 5.36. The molecule has 110 valence electrons. The molecule has 0 spiro atoms. The first kappa shape index (κ1) is 14.6. The number of carbonyl (C=O) groups excluding carboxylic acids is 1. The van der Waals surface area contributed by atoms with Gasteiger partial charge in [-0.15, -0.1) is 0 Å². The van der Waals surface area contributed by atoms with Crippen LogP contribution in [0.4, 0.5) is 0 Å². The third kappa shape index (κ3) is 3.00. The average Bonchev–Trinajstić information content (AvgIpc) is 2.95. The lowest BCUT2D eigenvalue weighted by Gasteiger charge is -2.18. The van der Waals surface area contributed by atoms with Gasteiger partial charge in [0, 0.05) is 0 Å². The van der Waals surface area contributed by atoms with Gasteiger partial charge in [0.15, 0.2) is 0 Å². The maximum Gasteiger partial charge on any atom is 0.307 e. The molecule has 1 aliphatic rings. The number of rotatable bonds is 4. The number of carboxylic acids is 1. The number of carboxylic acid groups (broad SMARTS) is 1. The van der Waals surface area contributed by atoms with Crippen molar-refractivity contribution < 1.29 is 19.1 Å². The Morgan fingerprint density at radius 3 is 2.65 bits per heavy atom. The molecule has 1 aliphatic carbocycles. The number of aliphatic carboxylic acids is 1. The second kappa shape index (κ2) is 5.64. The van der Waals surface area contributed by atoms with E-state index in [4.69, 9.17) is 4.42 Å². The molecule has 2 unspecified atom stereocenters. The summed E-state index contributed by atoms with van der Waals surface area (Å²) in [6, 6.07) is -0.360. The molecule has 20 heavy (non-hydrogen) atoms. The van der Waals surface area contributed by atoms with Gasteiger partial charge in [-0.1, -0.05) is 6.92 Å². The molecule has 0 aromatic carbocycles. The number of aromatic nitrogens is 1. The van der Waals surface area contributed by atoms with E-state index in [0.717, 1.165) is 0 Å². The summed E-state index contributed by atoms with van der Waals surface area (Å²) in [5.41, 5.74) is 0. The standard InChI is InChI=1S/C14H20N2O4/c1-7-4-10(11(5-7)14(18)19)12(17)16-9(3)13-15-6-8(2)20-13/h6-7,9-11H,4-5H2,1-3H3,(H,16,17)(H,18,19)/t7?,9?,10-,11+/m0/s1. The minimum atomic E-state index is -0.894. The highest BCUT2D eigenvalue weighted by Gasteiger charge is 2.41. The van der Waals surface area contributed by atoms with E-state index >= 15 is 0 Å². The van der Waals surface area contributed by atoms with E-state index in [0.29, 0.717) is 24.5 Å². The normalized spacial score (nSPS) is 27.2. The first-order valence-corrected chi connectivity index (χ1v) is 6.84. The van der Waals surface area contributed by atoms with Gasteiger partial charge in [-0.25, -0.2) is 4.98 Å². The van der Waals surface area contributed by atoms with Crippen LogP contribution in [-0.4, -0.2) is 22.0 Å². The van der Waals surface area contributed by atoms with Gasteiger partial charge in [-0.3, -0.25) is 9.59 Å². The van der Waals surface area contributed by atoms with Crippen LogP contribution in [0.25, 0.3) is 0 Å². The van der Waals surface area contributed by atoms with Crippen molar-refractivity contribution in [3.05, 3.63) is 17.8 Å². The number of aryl methyl sites for hydroxylation is 1. The van der Waals surface area contributed by atoms with Crippen molar-refractivity contribution in [2.45, 2.75) is 39.7 Å². The van der Waals surface area contributed by atoms with E-state index in [-0.39, 0.29) is 17.9 Å². The SMILES string of the molecule is Cc1cnc(C(C)NC(=O)[C@H]2CC(C)C[C@H]2C(=O)O)o1. The van der Waals surface area contributed by atoms with Crippen LogP contribution >= 0.6 is 0 Å². The van der Waals surface area contributed by atoms with Gasteiger partial charge in [0.05, 0.1) is 18.0 Å². The van der Waals surface area contributed by atoms with Crippen LogP contribution in [0.3, 0.4) is 0 Å². The van der Waals surface area contributed by atoms with Gasteiger partial charge in [-0.2, -0.15) is 0 Å². The summed E-state index contributed by atoms with van der Waals surface area (Å²) in [7, 11) is 0. The van der Waals surface area contributed by atoms with Gasteiger partial charge < -0.3 is 14.8 Å². The van der Waals surface area contributed by atoms with E-state index in [2.05, 4.69) is 10.3 Å². The monoisotopic (exact) mass is 280 g/mol. The van der Waals surface area contributed by atoms with Crippen molar-refractivity contribution in [1.82, 2.24) is 10.3 Å². The quantitative estimate of drug-likeness (QED) is 0.878. The average molecular weight is 280 g/mol. The number of hydrogen-bond donors (Lipinski definition) is 2. The minimum Gasteiger partial charge on any atom is -0.481 e. The Bertz CT molecular complexity index is 511. The fraction of sp³-hybridized carbons (Fsp3) is 0.643. The number of hydrogen-bond acceptors (Lipinski definition) is 4. The zero-order chi connectivity index (χ0) is 14.9. The first-order chi connectivity index (χ1) is 9.38. The predicted molar refractivity (Wildman–Crippen MR) is 70.8 cm³/mol. The van der Waals surface area contributed by atoms with Gasteiger partial charge in [0.1, 0.15) is 11.8 Å². The van der Waals surface area contributed by atoms with Crippen LogP contribution in [0.15, 0.2) is 10.6 Å². The van der Waals surface area contributed by atoms with E-state index in [1.165, 1.54) is 0 Å². The second-order valence-electron chi connectivity index (χ2n) is 5.67. The highest BCUT2D eigenvalue weighted by Crippen LogP contribution is 2.36. The largest absolute Gasteiger partial charge is 0.481 e. The molecule has 1 aromatic heterocycles. The van der Waals surface area contributed by atoms with Gasteiger partial charge in [0.2, 0.25) is 11.8 Å². The van der Waals surface area contributed by atoms with Crippen molar-refractivity contribution in [3.8, 4) is 0 Å². The van der Waals surface area contributed by atoms with E-state index in [1.807, 2.05) is 6.92 Å². The Hall–Kier alpha value is -1.85. The molecule has 1 saturated carbocycles. The summed E-state index contributed by atoms with van der Waals surface area (Å²) in [6.45, 7) is 5.53. The van der Waals surface area contributed by atoms with E-state index in [1.54, 1.807) is 20.0 Å². The molecule has 1 heterocycles. The van der Waals surface area contributed by atoms with E-state index in [9.17, 15) is 14.7 Å². The Morgan fingerprint density at radius 1 is 1.45 bits per heavy atom. The number of nitrogens with one attached hydrogen (secondary N) is 1. The smallest absolute Gasteiger partial charge is 0.307 e. The molecular weight excluding hydrogens is 260 g/mol. The molecule has 0 saturated heterocycles. The van der Waals surface area contributed by atoms with Crippen LogP contribution < -0.4 is 5.32 Å². The van der Waals surface area contributed by atoms with Crippen LogP contribution in [-0.2, 0) is 9.59 Å². The van der Waals surface area contributed by atoms with Crippen LogP contribution in [0.1, 0.15) is 44.4 Å². The molecule has 0 bridgehead atoms. The van der Waals surface area contributed by atoms with Gasteiger partial charge in [-0.05, 0) is 32.6 Å². The molecule has 6 heteroatoms. The molecular formula is C14H20N2O4. The Morgan fingerprint density at radius 2 is 2.10 bits per heavy atom. The van der Waals surface area contributed by atoms with E-state index < -0.39 is 17.8 Å². The van der Waals surface area contributed by atoms with Crippen molar-refractivity contribution in [3.63, 3.8) is 0 Å². The third-order valence-electron chi connectivity index (χ3n) is 3.82. The molecule has 2 N–H and O–H groups in total. The molecule has 2 rings (SSSR count). The summed E-state index contributed by atoms with van der Waals surface area (Å²) in [6.07, 6.45) is 2.76. The fourth-order valence-electron chi connectivity index (χ4n) is 2.81. The molecule has 1 fully saturated rings. The Kier molecular flexibility index (Phi) is 4.11. The molecule has 0 radical (unpaired) electrons. The van der Waals surface area contributed by atoms with Crippen molar-refractivity contribution in [1.29, 1.82) is 0 Å². The number of amides is 1. The fourth-order valence-corrected chi connectivity index (χ4v) is 2.81. The highest BCUT2D eigenvalue weighted by atomic mass is 16.4. The van der Waals surface area contributed by atoms with Gasteiger partial charge in [0.25, 0.3) is 0 Å². The third-order valence-corrected chi connectivity index (χ3v) is 3.82. The van der Waals surface area contributed by atoms with Gasteiger partial charge >= 0.3 is 5.97 Å². The Labute approximate surface area is 117 Å². The van der Waals surface area contributed by atoms with Crippen LogP contribution in [0.5, 0.6) is 0 Å². The van der Waals surface area contributed by atoms with Crippen molar-refractivity contribution >= 4 is 11.9 Å². The molecule has 6 nitrogen and oxygen atoms in total. The van der Waals surface area contributed by atoms with Crippen molar-refractivity contribution in [2.24, 2.45) is 17.8 Å². The lowest BCUT2D eigenvalue weighted by atomic mass is 9.95. The summed E-state index contributed by atoms with van der Waals surface area (Å²) in [5, 5.41) is 12.0. The zero-order valence-electron chi connectivity index (χ0n) is 11.9. The van der Waals surface area contributed by atoms with Crippen molar-refractivity contribution in [2.75, 3.05) is 0 Å². The predicted octanol–water partition coefficient (Wildman–Crippen LogP) is 1.91. The first-order valence-electron chi connectivity index (χ1n) is 6.84. The lowest BCUT2D eigenvalue weighted by molar-refractivity contribution is -0.146. The maximum absolute atomic E-state index is 12.3. The summed E-state index contributed by atoms with van der Waals surface area (Å²) >= 11 is 0. The molecule has 0 aliphatic heterocycles. The number of oxazole rings is 1. The molecule has 1 aromatic rings. The zero-order valence-corrected chi connectivity index (χ0v) is 11.9. The lowest BCUT2D eigenvalue weighted by Crippen LogP contribution is -2.36. The molecule has 1 amide bonds. The highest BCUT2D eigenvalue weighted by molar-refractivity contribution is 5.85. The number of nitrogens with zero attached hydrogens (tertiary/aromatic N) is 1.